The van der Waals surface area contributed by atoms with Gasteiger partial charge in [0.25, 0.3) is 0 Å². The molecule has 1 rings (SSSR count). The van der Waals surface area contributed by atoms with E-state index in [0.717, 1.165) is 16.9 Å². The molecule has 0 unspecified atom stereocenters. The largest absolute Gasteiger partial charge is 0.496 e. The molecule has 0 aromatic heterocycles. The first kappa shape index (κ1) is 11.0. The summed E-state index contributed by atoms with van der Waals surface area (Å²) < 4.78 is 10.2. The molecule has 0 fully saturated rings. The van der Waals surface area contributed by atoms with E-state index in [1.54, 1.807) is 14.2 Å². The second-order valence-corrected chi connectivity index (χ2v) is 3.05. The molecule has 0 heterocycles. The summed E-state index contributed by atoms with van der Waals surface area (Å²) in [6.07, 6.45) is 0.667. The monoisotopic (exact) mass is 196 g/mol. The molecule has 1 N–H and O–H groups in total. The molecule has 0 atom stereocenters. The van der Waals surface area contributed by atoms with Crippen LogP contribution >= 0.6 is 0 Å². The Morgan fingerprint density at radius 2 is 2.07 bits per heavy atom. The lowest BCUT2D eigenvalue weighted by molar-refractivity contribution is 0.181. The van der Waals surface area contributed by atoms with Crippen molar-refractivity contribution >= 4 is 0 Å². The van der Waals surface area contributed by atoms with Gasteiger partial charge >= 0.3 is 0 Å². The lowest BCUT2D eigenvalue weighted by atomic mass is 10.1. The molecular formula is C11H16O3. The fourth-order valence-electron chi connectivity index (χ4n) is 1.38. The Kier molecular flexibility index (Phi) is 4.43. The van der Waals surface area contributed by atoms with E-state index in [4.69, 9.17) is 14.6 Å². The lowest BCUT2D eigenvalue weighted by Gasteiger charge is -2.09. The van der Waals surface area contributed by atoms with Gasteiger partial charge in [-0.15, -0.1) is 0 Å². The summed E-state index contributed by atoms with van der Waals surface area (Å²) in [5.41, 5.74) is 2.11. The molecule has 3 heteroatoms. The van der Waals surface area contributed by atoms with Crippen LogP contribution in [-0.4, -0.2) is 25.9 Å². The van der Waals surface area contributed by atoms with Gasteiger partial charge < -0.3 is 14.6 Å². The number of hydrogen-bond donors (Lipinski definition) is 1. The Morgan fingerprint density at radius 1 is 1.29 bits per heavy atom. The maximum absolute atomic E-state index is 8.80. The summed E-state index contributed by atoms with van der Waals surface area (Å²) in [6.45, 7) is 0.696. The average Bonchev–Trinajstić information content (AvgIpc) is 2.19. The van der Waals surface area contributed by atoms with Gasteiger partial charge in [-0.05, 0) is 24.1 Å². The van der Waals surface area contributed by atoms with E-state index in [-0.39, 0.29) is 6.61 Å². The molecule has 0 aliphatic carbocycles. The van der Waals surface area contributed by atoms with Crippen LogP contribution in [0.5, 0.6) is 5.75 Å². The molecule has 0 spiro atoms. The first-order valence-corrected chi connectivity index (χ1v) is 4.57. The van der Waals surface area contributed by atoms with Crippen LogP contribution in [0.2, 0.25) is 0 Å². The Balaban J connectivity index is 2.88. The van der Waals surface area contributed by atoms with Gasteiger partial charge in [-0.3, -0.25) is 0 Å². The molecule has 1 aromatic carbocycles. The summed E-state index contributed by atoms with van der Waals surface area (Å²) in [6, 6.07) is 5.85. The summed E-state index contributed by atoms with van der Waals surface area (Å²) in [7, 11) is 3.29. The standard InChI is InChI=1S/C11H16O3/c1-13-8-10-7-9(5-6-12)3-4-11(10)14-2/h3-4,7,12H,5-6,8H2,1-2H3. The predicted octanol–water partition coefficient (Wildman–Crippen LogP) is 1.38. The summed E-state index contributed by atoms with van der Waals surface area (Å²) in [4.78, 5) is 0. The van der Waals surface area contributed by atoms with Crippen molar-refractivity contribution in [3.8, 4) is 5.75 Å². The maximum atomic E-state index is 8.80. The van der Waals surface area contributed by atoms with E-state index < -0.39 is 0 Å². The Labute approximate surface area is 84.3 Å². The topological polar surface area (TPSA) is 38.7 Å². The zero-order chi connectivity index (χ0) is 10.4. The first-order valence-electron chi connectivity index (χ1n) is 4.57. The minimum atomic E-state index is 0.165. The Morgan fingerprint density at radius 3 is 2.64 bits per heavy atom. The van der Waals surface area contributed by atoms with Crippen LogP contribution in [0.15, 0.2) is 18.2 Å². The third-order valence-electron chi connectivity index (χ3n) is 2.05. The van der Waals surface area contributed by atoms with Crippen molar-refractivity contribution in [3.05, 3.63) is 29.3 Å². The summed E-state index contributed by atoms with van der Waals surface area (Å²) in [5, 5.41) is 8.80. The number of benzene rings is 1. The van der Waals surface area contributed by atoms with Crippen LogP contribution in [-0.2, 0) is 17.8 Å². The number of methoxy groups -OCH3 is 2. The molecule has 0 radical (unpaired) electrons. The molecule has 0 aliphatic heterocycles. The van der Waals surface area contributed by atoms with E-state index in [1.807, 2.05) is 18.2 Å². The third-order valence-corrected chi connectivity index (χ3v) is 2.05. The molecule has 14 heavy (non-hydrogen) atoms. The highest BCUT2D eigenvalue weighted by Gasteiger charge is 2.03. The third kappa shape index (κ3) is 2.72. The van der Waals surface area contributed by atoms with Crippen LogP contribution < -0.4 is 4.74 Å². The molecule has 0 saturated heterocycles. The van der Waals surface area contributed by atoms with E-state index >= 15 is 0 Å². The van der Waals surface area contributed by atoms with Gasteiger partial charge in [0.1, 0.15) is 5.75 Å². The molecule has 3 nitrogen and oxygen atoms in total. The highest BCUT2D eigenvalue weighted by atomic mass is 16.5. The van der Waals surface area contributed by atoms with Crippen LogP contribution in [0.3, 0.4) is 0 Å². The van der Waals surface area contributed by atoms with E-state index in [9.17, 15) is 0 Å². The van der Waals surface area contributed by atoms with Crippen molar-refractivity contribution < 1.29 is 14.6 Å². The van der Waals surface area contributed by atoms with Crippen molar-refractivity contribution in [1.29, 1.82) is 0 Å². The Hall–Kier alpha value is -1.06. The minimum Gasteiger partial charge on any atom is -0.496 e. The average molecular weight is 196 g/mol. The molecule has 0 amide bonds. The number of aliphatic hydroxyl groups is 1. The molecular weight excluding hydrogens is 180 g/mol. The van der Waals surface area contributed by atoms with Gasteiger partial charge in [0.05, 0.1) is 13.7 Å². The number of aliphatic hydroxyl groups excluding tert-OH is 1. The summed E-state index contributed by atoms with van der Waals surface area (Å²) >= 11 is 0. The van der Waals surface area contributed by atoms with Crippen LogP contribution in [0.4, 0.5) is 0 Å². The predicted molar refractivity (Wildman–Crippen MR) is 54.5 cm³/mol. The minimum absolute atomic E-state index is 0.165. The van der Waals surface area contributed by atoms with Crippen molar-refractivity contribution in [2.75, 3.05) is 20.8 Å². The van der Waals surface area contributed by atoms with Gasteiger partial charge in [0.2, 0.25) is 0 Å². The van der Waals surface area contributed by atoms with Crippen LogP contribution in [0, 0.1) is 0 Å². The van der Waals surface area contributed by atoms with Crippen molar-refractivity contribution in [3.63, 3.8) is 0 Å². The van der Waals surface area contributed by atoms with Crippen molar-refractivity contribution in [2.45, 2.75) is 13.0 Å². The van der Waals surface area contributed by atoms with E-state index in [1.165, 1.54) is 0 Å². The zero-order valence-corrected chi connectivity index (χ0v) is 8.62. The highest BCUT2D eigenvalue weighted by molar-refractivity contribution is 5.37. The SMILES string of the molecule is COCc1cc(CCO)ccc1OC. The van der Waals surface area contributed by atoms with Crippen LogP contribution in [0.1, 0.15) is 11.1 Å². The number of ether oxygens (including phenoxy) is 2. The normalized spacial score (nSPS) is 10.2. The highest BCUT2D eigenvalue weighted by Crippen LogP contribution is 2.20. The summed E-state index contributed by atoms with van der Waals surface area (Å²) in [5.74, 6) is 0.827. The molecule has 78 valence electrons. The molecule has 0 saturated carbocycles. The van der Waals surface area contributed by atoms with E-state index in [0.29, 0.717) is 13.0 Å². The smallest absolute Gasteiger partial charge is 0.124 e. The first-order chi connectivity index (χ1) is 6.81. The van der Waals surface area contributed by atoms with Crippen molar-refractivity contribution in [1.82, 2.24) is 0 Å². The Bertz CT molecular complexity index is 284. The van der Waals surface area contributed by atoms with Gasteiger partial charge in [-0.25, -0.2) is 0 Å². The zero-order valence-electron chi connectivity index (χ0n) is 8.62. The fourth-order valence-corrected chi connectivity index (χ4v) is 1.38. The fraction of sp³-hybridized carbons (Fsp3) is 0.455. The van der Waals surface area contributed by atoms with Gasteiger partial charge in [-0.1, -0.05) is 6.07 Å². The van der Waals surface area contributed by atoms with Gasteiger partial charge in [-0.2, -0.15) is 0 Å². The van der Waals surface area contributed by atoms with Crippen molar-refractivity contribution in [2.24, 2.45) is 0 Å². The number of rotatable bonds is 5. The quantitative estimate of drug-likeness (QED) is 0.773. The molecule has 1 aromatic rings. The number of hydrogen-bond acceptors (Lipinski definition) is 3. The lowest BCUT2D eigenvalue weighted by Crippen LogP contribution is -1.97. The van der Waals surface area contributed by atoms with Gasteiger partial charge in [0, 0.05) is 19.3 Å². The maximum Gasteiger partial charge on any atom is 0.124 e. The van der Waals surface area contributed by atoms with Gasteiger partial charge in [0.15, 0.2) is 0 Å². The second-order valence-electron chi connectivity index (χ2n) is 3.05. The second kappa shape index (κ2) is 5.62. The van der Waals surface area contributed by atoms with Crippen LogP contribution in [0.25, 0.3) is 0 Å². The molecule has 0 aliphatic rings. The van der Waals surface area contributed by atoms with E-state index in [2.05, 4.69) is 0 Å². The molecule has 0 bridgehead atoms.